The third-order valence-corrected chi connectivity index (χ3v) is 4.80. The lowest BCUT2D eigenvalue weighted by Crippen LogP contribution is -2.33. The molecule has 9 heteroatoms. The third kappa shape index (κ3) is 3.06. The van der Waals surface area contributed by atoms with Crippen LogP contribution in [0.3, 0.4) is 0 Å². The van der Waals surface area contributed by atoms with Crippen LogP contribution in [0.5, 0.6) is 5.75 Å². The van der Waals surface area contributed by atoms with Crippen molar-refractivity contribution < 1.29 is 22.8 Å². The fourth-order valence-electron chi connectivity index (χ4n) is 3.25. The molecule has 1 aliphatic heterocycles. The van der Waals surface area contributed by atoms with Gasteiger partial charge < -0.3 is 19.9 Å². The minimum Gasteiger partial charge on any atom is -0.497 e. The van der Waals surface area contributed by atoms with Crippen molar-refractivity contribution in [1.82, 2.24) is 10.5 Å². The van der Waals surface area contributed by atoms with Crippen LogP contribution in [0.4, 0.5) is 14.6 Å². The molecule has 0 bridgehead atoms. The topological polar surface area (TPSA) is 76.4 Å². The lowest BCUT2D eigenvalue weighted by molar-refractivity contribution is -0.119. The van der Waals surface area contributed by atoms with Gasteiger partial charge in [-0.1, -0.05) is 16.8 Å². The molecule has 6 nitrogen and oxygen atoms in total. The van der Waals surface area contributed by atoms with Crippen molar-refractivity contribution in [3.05, 3.63) is 52.6 Å². The van der Waals surface area contributed by atoms with E-state index in [0.29, 0.717) is 21.8 Å². The molecule has 0 unspecified atom stereocenters. The Kier molecular flexibility index (Phi) is 4.35. The van der Waals surface area contributed by atoms with Crippen molar-refractivity contribution in [3.63, 3.8) is 0 Å². The summed E-state index contributed by atoms with van der Waals surface area (Å²) in [5, 5.41) is 10.5. The van der Waals surface area contributed by atoms with Crippen LogP contribution >= 0.6 is 11.6 Å². The number of halogens is 3. The number of aromatic nitrogens is 1. The van der Waals surface area contributed by atoms with Crippen molar-refractivity contribution in [1.29, 1.82) is 0 Å². The van der Waals surface area contributed by atoms with E-state index in [2.05, 4.69) is 15.8 Å². The Bertz CT molecular complexity index is 1020. The molecule has 1 amide bonds. The van der Waals surface area contributed by atoms with Crippen LogP contribution in [0, 0.1) is 11.6 Å². The average Bonchev–Trinajstić information content (AvgIpc) is 3.19. The highest BCUT2D eigenvalue weighted by atomic mass is 35.5. The fourth-order valence-corrected chi connectivity index (χ4v) is 3.41. The van der Waals surface area contributed by atoms with Crippen LogP contribution in [0.1, 0.15) is 11.5 Å². The summed E-state index contributed by atoms with van der Waals surface area (Å²) < 4.78 is 39.1. The molecule has 1 fully saturated rings. The smallest absolute Gasteiger partial charge is 0.243 e. The molecule has 0 radical (unpaired) electrons. The Morgan fingerprint density at radius 2 is 2.04 bits per heavy atom. The van der Waals surface area contributed by atoms with Gasteiger partial charge in [0.1, 0.15) is 23.4 Å². The largest absolute Gasteiger partial charge is 0.497 e. The summed E-state index contributed by atoms with van der Waals surface area (Å²) in [6.45, 7) is 0.0816. The predicted molar refractivity (Wildman–Crippen MR) is 95.1 cm³/mol. The summed E-state index contributed by atoms with van der Waals surface area (Å²) in [6, 6.07) is 6.18. The van der Waals surface area contributed by atoms with Gasteiger partial charge in [-0.05, 0) is 12.1 Å². The molecule has 3 aromatic rings. The van der Waals surface area contributed by atoms with E-state index in [4.69, 9.17) is 20.9 Å². The SMILES string of the molecule is COc1cc(F)c([C@@H]2CNC(=O)[C@H]2Nc2noc3cc(Cl)ccc23)c(F)c1. The quantitative estimate of drug-likeness (QED) is 0.710. The number of rotatable bonds is 4. The molecule has 2 aromatic carbocycles. The Labute approximate surface area is 157 Å². The molecule has 2 N–H and O–H groups in total. The summed E-state index contributed by atoms with van der Waals surface area (Å²) >= 11 is 5.92. The van der Waals surface area contributed by atoms with Gasteiger partial charge in [-0.3, -0.25) is 4.79 Å². The monoisotopic (exact) mass is 393 g/mol. The number of methoxy groups -OCH3 is 1. The molecule has 4 rings (SSSR count). The maximum absolute atomic E-state index is 14.5. The van der Waals surface area contributed by atoms with Crippen molar-refractivity contribution >= 4 is 34.3 Å². The van der Waals surface area contributed by atoms with Crippen molar-refractivity contribution in [2.24, 2.45) is 0 Å². The van der Waals surface area contributed by atoms with Gasteiger partial charge in [0, 0.05) is 41.2 Å². The van der Waals surface area contributed by atoms with Crippen molar-refractivity contribution in [2.45, 2.75) is 12.0 Å². The highest BCUT2D eigenvalue weighted by Crippen LogP contribution is 2.34. The molecule has 1 saturated heterocycles. The van der Waals surface area contributed by atoms with Gasteiger partial charge in [-0.15, -0.1) is 0 Å². The van der Waals surface area contributed by atoms with Crippen molar-refractivity contribution in [2.75, 3.05) is 19.0 Å². The van der Waals surface area contributed by atoms with Crippen LogP contribution in [-0.4, -0.2) is 30.8 Å². The number of benzene rings is 2. The van der Waals surface area contributed by atoms with Crippen LogP contribution in [0.15, 0.2) is 34.9 Å². The first-order chi connectivity index (χ1) is 13.0. The maximum atomic E-state index is 14.5. The second-order valence-corrected chi connectivity index (χ2v) is 6.59. The average molecular weight is 394 g/mol. The summed E-state index contributed by atoms with van der Waals surface area (Å²) in [4.78, 5) is 12.3. The van der Waals surface area contributed by atoms with Gasteiger partial charge in [0.25, 0.3) is 0 Å². The van der Waals surface area contributed by atoms with Crippen molar-refractivity contribution in [3.8, 4) is 5.75 Å². The normalized spacial score (nSPS) is 19.3. The second-order valence-electron chi connectivity index (χ2n) is 6.15. The third-order valence-electron chi connectivity index (χ3n) is 4.57. The van der Waals surface area contributed by atoms with Gasteiger partial charge in [-0.2, -0.15) is 0 Å². The zero-order valence-corrected chi connectivity index (χ0v) is 14.8. The molecule has 0 saturated carbocycles. The van der Waals surface area contributed by atoms with E-state index in [-0.39, 0.29) is 23.8 Å². The number of carbonyl (C=O) groups is 1. The molecule has 0 spiro atoms. The predicted octanol–water partition coefficient (Wildman–Crippen LogP) is 3.46. The highest BCUT2D eigenvalue weighted by molar-refractivity contribution is 6.31. The molecule has 27 heavy (non-hydrogen) atoms. The summed E-state index contributed by atoms with van der Waals surface area (Å²) in [7, 11) is 1.32. The maximum Gasteiger partial charge on any atom is 0.243 e. The van der Waals surface area contributed by atoms with Gasteiger partial charge >= 0.3 is 0 Å². The van der Waals surface area contributed by atoms with E-state index in [1.54, 1.807) is 18.2 Å². The Balaban J connectivity index is 1.70. The van der Waals surface area contributed by atoms with Crippen LogP contribution < -0.4 is 15.4 Å². The first-order valence-electron chi connectivity index (χ1n) is 8.10. The number of carbonyl (C=O) groups excluding carboxylic acids is 1. The number of hydrogen-bond donors (Lipinski definition) is 2. The molecule has 2 heterocycles. The lowest BCUT2D eigenvalue weighted by atomic mass is 9.92. The molecule has 0 aliphatic carbocycles. The number of amides is 1. The molecule has 140 valence electrons. The van der Waals surface area contributed by atoms with E-state index in [1.807, 2.05) is 0 Å². The van der Waals surface area contributed by atoms with Gasteiger partial charge in [0.15, 0.2) is 11.4 Å². The number of fused-ring (bicyclic) bond motifs is 1. The van der Waals surface area contributed by atoms with Gasteiger partial charge in [-0.25, -0.2) is 8.78 Å². The molecule has 1 aromatic heterocycles. The van der Waals surface area contributed by atoms with E-state index < -0.39 is 23.6 Å². The second kappa shape index (κ2) is 6.70. The summed E-state index contributed by atoms with van der Waals surface area (Å²) in [5.74, 6) is -2.37. The standard InChI is InChI=1S/C18H14ClF2N3O3/c1-26-9-5-12(20)15(13(21)6-9)11-7-22-18(25)16(11)23-17-10-3-2-8(19)4-14(10)27-24-17/h2-6,11,16H,7H2,1H3,(H,22,25)(H,23,24)/t11-,16-/m0/s1. The fraction of sp³-hybridized carbons (Fsp3) is 0.222. The first-order valence-corrected chi connectivity index (χ1v) is 8.48. The number of ether oxygens (including phenoxy) is 1. The van der Waals surface area contributed by atoms with E-state index >= 15 is 0 Å². The van der Waals surface area contributed by atoms with Crippen LogP contribution in [-0.2, 0) is 4.79 Å². The van der Waals surface area contributed by atoms with Gasteiger partial charge in [0.2, 0.25) is 5.91 Å². The number of hydrogen-bond acceptors (Lipinski definition) is 5. The molecule has 2 atom stereocenters. The number of nitrogens with zero attached hydrogens (tertiary/aromatic N) is 1. The Morgan fingerprint density at radius 1 is 1.30 bits per heavy atom. The molecular formula is C18H14ClF2N3O3. The summed E-state index contributed by atoms with van der Waals surface area (Å²) in [6.07, 6.45) is 0. The zero-order chi connectivity index (χ0) is 19.1. The van der Waals surface area contributed by atoms with Crippen LogP contribution in [0.2, 0.25) is 5.02 Å². The van der Waals surface area contributed by atoms with E-state index in [1.165, 1.54) is 7.11 Å². The Hall–Kier alpha value is -2.87. The zero-order valence-electron chi connectivity index (χ0n) is 14.1. The minimum atomic E-state index is -0.925. The molecular weight excluding hydrogens is 380 g/mol. The highest BCUT2D eigenvalue weighted by Gasteiger charge is 2.39. The lowest BCUT2D eigenvalue weighted by Gasteiger charge is -2.20. The van der Waals surface area contributed by atoms with E-state index in [9.17, 15) is 13.6 Å². The Morgan fingerprint density at radius 3 is 2.74 bits per heavy atom. The first kappa shape index (κ1) is 17.5. The molecule has 1 aliphatic rings. The van der Waals surface area contributed by atoms with Gasteiger partial charge in [0.05, 0.1) is 12.5 Å². The minimum absolute atomic E-state index is 0.0647. The summed E-state index contributed by atoms with van der Waals surface area (Å²) in [5.41, 5.74) is 0.240. The van der Waals surface area contributed by atoms with Crippen LogP contribution in [0.25, 0.3) is 11.0 Å². The number of nitrogens with one attached hydrogen (secondary N) is 2. The van der Waals surface area contributed by atoms with E-state index in [0.717, 1.165) is 12.1 Å². The number of anilines is 1.